The van der Waals surface area contributed by atoms with Crippen LogP contribution in [0.5, 0.6) is 0 Å². The van der Waals surface area contributed by atoms with E-state index >= 15 is 0 Å². The molecule has 2 heterocycles. The first kappa shape index (κ1) is 14.6. The number of amides is 1. The molecule has 2 saturated heterocycles. The smallest absolute Gasteiger partial charge is 0.220 e. The predicted molar refractivity (Wildman–Crippen MR) is 85.0 cm³/mol. The zero-order valence-electron chi connectivity index (χ0n) is 13.1. The summed E-state index contributed by atoms with van der Waals surface area (Å²) in [6.45, 7) is 4.55. The fourth-order valence-corrected chi connectivity index (χ4v) is 4.11. The van der Waals surface area contributed by atoms with E-state index in [0.717, 1.165) is 12.8 Å². The summed E-state index contributed by atoms with van der Waals surface area (Å²) in [4.78, 5) is 14.6. The molecule has 0 aromatic heterocycles. The van der Waals surface area contributed by atoms with Gasteiger partial charge in [0.15, 0.2) is 0 Å². The monoisotopic (exact) mass is 286 g/mol. The average Bonchev–Trinajstić information content (AvgIpc) is 2.80. The topological polar surface area (TPSA) is 32.3 Å². The number of fused-ring (bicyclic) bond motifs is 1. The van der Waals surface area contributed by atoms with Gasteiger partial charge in [-0.3, -0.25) is 9.69 Å². The van der Waals surface area contributed by atoms with Crippen molar-refractivity contribution in [2.45, 2.75) is 70.1 Å². The van der Waals surface area contributed by atoms with Gasteiger partial charge in [-0.25, -0.2) is 0 Å². The molecule has 114 valence electrons. The third-order valence-electron chi connectivity index (χ3n) is 4.97. The van der Waals surface area contributed by atoms with E-state index in [-0.39, 0.29) is 5.91 Å². The molecule has 2 fully saturated rings. The second-order valence-corrected chi connectivity index (χ2v) is 6.69. The molecule has 0 bridgehead atoms. The Balaban J connectivity index is 1.89. The number of hydrogen-bond acceptors (Lipinski definition) is 2. The Hall–Kier alpha value is -1.35. The molecule has 3 heteroatoms. The summed E-state index contributed by atoms with van der Waals surface area (Å²) in [7, 11) is 0. The molecule has 21 heavy (non-hydrogen) atoms. The van der Waals surface area contributed by atoms with Crippen molar-refractivity contribution in [3.63, 3.8) is 0 Å². The highest BCUT2D eigenvalue weighted by molar-refractivity contribution is 5.76. The van der Waals surface area contributed by atoms with Gasteiger partial charge in [-0.1, -0.05) is 36.8 Å². The van der Waals surface area contributed by atoms with E-state index in [1.807, 2.05) is 0 Å². The maximum Gasteiger partial charge on any atom is 0.220 e. The summed E-state index contributed by atoms with van der Waals surface area (Å²) in [6, 6.07) is 12.5. The third kappa shape index (κ3) is 2.98. The number of likely N-dealkylation sites (tertiary alicyclic amines) is 1. The Labute approximate surface area is 127 Å². The van der Waals surface area contributed by atoms with Crippen LogP contribution < -0.4 is 5.32 Å². The molecule has 2 aliphatic heterocycles. The van der Waals surface area contributed by atoms with Crippen LogP contribution >= 0.6 is 0 Å². The van der Waals surface area contributed by atoms with Crippen molar-refractivity contribution in [3.05, 3.63) is 35.9 Å². The van der Waals surface area contributed by atoms with Crippen LogP contribution in [0.1, 0.15) is 57.6 Å². The van der Waals surface area contributed by atoms with E-state index in [2.05, 4.69) is 54.4 Å². The minimum atomic E-state index is 0.238. The molecule has 3 atom stereocenters. The molecule has 0 unspecified atom stereocenters. The first-order chi connectivity index (χ1) is 10.2. The van der Waals surface area contributed by atoms with Crippen LogP contribution in [0.2, 0.25) is 0 Å². The van der Waals surface area contributed by atoms with Crippen molar-refractivity contribution in [1.29, 1.82) is 0 Å². The van der Waals surface area contributed by atoms with Crippen LogP contribution in [0.25, 0.3) is 0 Å². The van der Waals surface area contributed by atoms with E-state index in [0.29, 0.717) is 30.6 Å². The molecule has 1 aromatic rings. The Morgan fingerprint density at radius 3 is 2.67 bits per heavy atom. The zero-order chi connectivity index (χ0) is 14.8. The van der Waals surface area contributed by atoms with Crippen molar-refractivity contribution in [2.24, 2.45) is 0 Å². The van der Waals surface area contributed by atoms with E-state index < -0.39 is 0 Å². The standard InChI is InChI=1S/C18H26N2O/c1-13(2)20-16-10-6-7-11-18(21)19-15(16)12-17(20)14-8-4-3-5-9-14/h3-5,8-9,13,15-17H,6-7,10-12H2,1-2H3,(H,19,21)/t15-,16+,17+/m1/s1. The van der Waals surface area contributed by atoms with Gasteiger partial charge in [-0.15, -0.1) is 0 Å². The Kier molecular flexibility index (Phi) is 4.29. The van der Waals surface area contributed by atoms with Gasteiger partial charge in [0.05, 0.1) is 0 Å². The van der Waals surface area contributed by atoms with E-state index in [1.54, 1.807) is 0 Å². The maximum atomic E-state index is 12.0. The molecule has 1 amide bonds. The predicted octanol–water partition coefficient (Wildman–Crippen LogP) is 3.27. The van der Waals surface area contributed by atoms with Crippen LogP contribution in [-0.2, 0) is 4.79 Å². The molecule has 2 aliphatic rings. The number of nitrogens with zero attached hydrogens (tertiary/aromatic N) is 1. The lowest BCUT2D eigenvalue weighted by Gasteiger charge is -2.36. The second-order valence-electron chi connectivity index (χ2n) is 6.69. The molecular weight excluding hydrogens is 260 g/mol. The van der Waals surface area contributed by atoms with Gasteiger partial charge in [0.25, 0.3) is 0 Å². The maximum absolute atomic E-state index is 12.0. The molecular formula is C18H26N2O. The molecule has 0 spiro atoms. The van der Waals surface area contributed by atoms with Gasteiger partial charge in [0.2, 0.25) is 5.91 Å². The quantitative estimate of drug-likeness (QED) is 0.905. The first-order valence-electron chi connectivity index (χ1n) is 8.28. The average molecular weight is 286 g/mol. The normalized spacial score (nSPS) is 30.6. The summed E-state index contributed by atoms with van der Waals surface area (Å²) >= 11 is 0. The molecule has 0 radical (unpaired) electrons. The first-order valence-corrected chi connectivity index (χ1v) is 8.28. The van der Waals surface area contributed by atoms with E-state index in [4.69, 9.17) is 0 Å². The summed E-state index contributed by atoms with van der Waals surface area (Å²) in [5.74, 6) is 0.238. The number of hydrogen-bond donors (Lipinski definition) is 1. The molecule has 0 aliphatic carbocycles. The van der Waals surface area contributed by atoms with E-state index in [1.165, 1.54) is 18.4 Å². The van der Waals surface area contributed by atoms with Crippen LogP contribution in [-0.4, -0.2) is 28.9 Å². The summed E-state index contributed by atoms with van der Waals surface area (Å²) in [6.07, 6.45) is 5.13. The van der Waals surface area contributed by atoms with Crippen molar-refractivity contribution >= 4 is 5.91 Å². The number of rotatable bonds is 2. The number of nitrogens with one attached hydrogen (secondary N) is 1. The lowest BCUT2D eigenvalue weighted by atomic mass is 9.97. The number of carbonyl (C=O) groups is 1. The minimum absolute atomic E-state index is 0.238. The highest BCUT2D eigenvalue weighted by atomic mass is 16.1. The van der Waals surface area contributed by atoms with Crippen LogP contribution in [0.3, 0.4) is 0 Å². The lowest BCUT2D eigenvalue weighted by Crippen LogP contribution is -2.48. The number of benzene rings is 1. The van der Waals surface area contributed by atoms with Crippen molar-refractivity contribution in [1.82, 2.24) is 10.2 Å². The fourth-order valence-electron chi connectivity index (χ4n) is 4.11. The highest BCUT2D eigenvalue weighted by Crippen LogP contribution is 2.40. The zero-order valence-corrected chi connectivity index (χ0v) is 13.1. The van der Waals surface area contributed by atoms with Gasteiger partial charge in [0.1, 0.15) is 0 Å². The molecule has 0 saturated carbocycles. The SMILES string of the molecule is CC(C)N1[C@H](c2ccccc2)C[C@H]2NC(=O)CCCC[C@@H]21. The fraction of sp³-hybridized carbons (Fsp3) is 0.611. The third-order valence-corrected chi connectivity index (χ3v) is 4.97. The lowest BCUT2D eigenvalue weighted by molar-refractivity contribution is -0.122. The molecule has 3 rings (SSSR count). The van der Waals surface area contributed by atoms with Gasteiger partial charge >= 0.3 is 0 Å². The van der Waals surface area contributed by atoms with Crippen LogP contribution in [0.15, 0.2) is 30.3 Å². The van der Waals surface area contributed by atoms with Gasteiger partial charge < -0.3 is 5.32 Å². The van der Waals surface area contributed by atoms with Gasteiger partial charge in [-0.2, -0.15) is 0 Å². The summed E-state index contributed by atoms with van der Waals surface area (Å²) in [5.41, 5.74) is 1.38. The highest BCUT2D eigenvalue weighted by Gasteiger charge is 2.43. The van der Waals surface area contributed by atoms with Gasteiger partial charge in [0, 0.05) is 30.6 Å². The van der Waals surface area contributed by atoms with Crippen molar-refractivity contribution < 1.29 is 4.79 Å². The molecule has 1 N–H and O–H groups in total. The molecule has 3 nitrogen and oxygen atoms in total. The van der Waals surface area contributed by atoms with Gasteiger partial charge in [-0.05, 0) is 38.7 Å². The Morgan fingerprint density at radius 2 is 1.95 bits per heavy atom. The minimum Gasteiger partial charge on any atom is -0.352 e. The van der Waals surface area contributed by atoms with Crippen LogP contribution in [0, 0.1) is 0 Å². The number of carbonyl (C=O) groups excluding carboxylic acids is 1. The summed E-state index contributed by atoms with van der Waals surface area (Å²) in [5, 5.41) is 3.28. The second kappa shape index (κ2) is 6.18. The van der Waals surface area contributed by atoms with Crippen LogP contribution in [0.4, 0.5) is 0 Å². The van der Waals surface area contributed by atoms with Crippen molar-refractivity contribution in [3.8, 4) is 0 Å². The Morgan fingerprint density at radius 1 is 1.19 bits per heavy atom. The summed E-state index contributed by atoms with van der Waals surface area (Å²) < 4.78 is 0. The Bertz CT molecular complexity index is 485. The molecule has 1 aromatic carbocycles. The van der Waals surface area contributed by atoms with E-state index in [9.17, 15) is 4.79 Å². The largest absolute Gasteiger partial charge is 0.352 e. The van der Waals surface area contributed by atoms with Crippen molar-refractivity contribution in [2.75, 3.05) is 0 Å².